The number of anilines is 1. The number of nitrogens with one attached hydrogen (secondary N) is 1. The number of hydrogen-bond donors (Lipinski definition) is 2. The van der Waals surface area contributed by atoms with Crippen LogP contribution in [0.15, 0.2) is 12.1 Å². The van der Waals surface area contributed by atoms with Gasteiger partial charge < -0.3 is 20.7 Å². The van der Waals surface area contributed by atoms with Crippen LogP contribution in [0, 0.1) is 11.6 Å². The Labute approximate surface area is 138 Å². The highest BCUT2D eigenvalue weighted by Crippen LogP contribution is 2.23. The Morgan fingerprint density at radius 3 is 2.54 bits per heavy atom. The van der Waals surface area contributed by atoms with E-state index >= 15 is 0 Å². The molecular weight excluding hydrogens is 320 g/mol. The fraction of sp³-hybridized carbons (Fsp3) is 0.500. The predicted octanol–water partition coefficient (Wildman–Crippen LogP) is 2.49. The van der Waals surface area contributed by atoms with Crippen LogP contribution in [-0.4, -0.2) is 41.6 Å². The van der Waals surface area contributed by atoms with Gasteiger partial charge in [0.25, 0.3) is 5.91 Å². The summed E-state index contributed by atoms with van der Waals surface area (Å²) in [6, 6.07) is 1.42. The van der Waals surface area contributed by atoms with Crippen LogP contribution >= 0.6 is 0 Å². The monoisotopic (exact) mass is 341 g/mol. The first-order valence-corrected chi connectivity index (χ1v) is 7.60. The molecule has 0 bridgehead atoms. The molecule has 8 heteroatoms. The van der Waals surface area contributed by atoms with Crippen LogP contribution in [-0.2, 0) is 4.74 Å². The van der Waals surface area contributed by atoms with Crippen LogP contribution in [0.5, 0.6) is 0 Å². The van der Waals surface area contributed by atoms with Gasteiger partial charge in [-0.2, -0.15) is 0 Å². The van der Waals surface area contributed by atoms with Gasteiger partial charge in [-0.05, 0) is 33.3 Å². The minimum absolute atomic E-state index is 0.0266. The van der Waals surface area contributed by atoms with E-state index in [1.807, 2.05) is 0 Å². The number of nitrogens with zero attached hydrogens (tertiary/aromatic N) is 1. The van der Waals surface area contributed by atoms with Gasteiger partial charge in [0, 0.05) is 25.2 Å². The fourth-order valence-electron chi connectivity index (χ4n) is 2.44. The van der Waals surface area contributed by atoms with E-state index in [1.165, 1.54) is 4.90 Å². The van der Waals surface area contributed by atoms with Gasteiger partial charge >= 0.3 is 6.09 Å². The molecule has 0 radical (unpaired) electrons. The number of likely N-dealkylation sites (tertiary alicyclic amines) is 1. The molecule has 1 fully saturated rings. The normalized spacial score (nSPS) is 17.7. The molecule has 3 N–H and O–H groups in total. The number of amides is 2. The number of hydrogen-bond acceptors (Lipinski definition) is 4. The molecule has 1 aromatic rings. The Bertz CT molecular complexity index is 659. The minimum Gasteiger partial charge on any atom is -0.444 e. The Balaban J connectivity index is 2.04. The van der Waals surface area contributed by atoms with E-state index in [-0.39, 0.29) is 17.3 Å². The fourth-order valence-corrected chi connectivity index (χ4v) is 2.44. The highest BCUT2D eigenvalue weighted by atomic mass is 19.1. The van der Waals surface area contributed by atoms with Crippen molar-refractivity contribution in [2.75, 3.05) is 18.4 Å². The Kier molecular flexibility index (Phi) is 4.96. The molecule has 0 aliphatic carbocycles. The number of benzene rings is 1. The second-order valence-electron chi connectivity index (χ2n) is 6.73. The van der Waals surface area contributed by atoms with Gasteiger partial charge in [0.2, 0.25) is 0 Å². The number of primary amides is 1. The maximum absolute atomic E-state index is 13.9. The molecule has 6 nitrogen and oxygen atoms in total. The summed E-state index contributed by atoms with van der Waals surface area (Å²) >= 11 is 0. The number of ether oxygens (including phenoxy) is 1. The van der Waals surface area contributed by atoms with E-state index in [0.717, 1.165) is 6.07 Å². The van der Waals surface area contributed by atoms with Crippen molar-refractivity contribution in [1.29, 1.82) is 0 Å². The van der Waals surface area contributed by atoms with E-state index in [9.17, 15) is 18.4 Å². The third-order valence-corrected chi connectivity index (χ3v) is 3.52. The number of rotatable bonds is 3. The molecule has 0 aromatic heterocycles. The lowest BCUT2D eigenvalue weighted by Crippen LogP contribution is -2.36. The maximum Gasteiger partial charge on any atom is 0.410 e. The Morgan fingerprint density at radius 2 is 1.96 bits per heavy atom. The standard InChI is InChI=1S/C16H21F2N3O3/c1-16(2,3)24-15(23)21-5-4-9(8-21)20-13-6-10(14(19)22)11(17)7-12(13)18/h6-7,9,20H,4-5,8H2,1-3H3,(H2,19,22). The summed E-state index contributed by atoms with van der Waals surface area (Å²) in [7, 11) is 0. The van der Waals surface area contributed by atoms with Crippen LogP contribution in [0.4, 0.5) is 19.3 Å². The number of carbonyl (C=O) groups excluding carboxylic acids is 2. The highest BCUT2D eigenvalue weighted by molar-refractivity contribution is 5.94. The Hall–Kier alpha value is -2.38. The SMILES string of the molecule is CC(C)(C)OC(=O)N1CCC(Nc2cc(C(N)=O)c(F)cc2F)C1. The van der Waals surface area contributed by atoms with E-state index in [2.05, 4.69) is 5.32 Å². The molecule has 1 unspecified atom stereocenters. The van der Waals surface area contributed by atoms with Crippen LogP contribution < -0.4 is 11.1 Å². The van der Waals surface area contributed by atoms with Gasteiger partial charge in [-0.25, -0.2) is 13.6 Å². The molecule has 1 saturated heterocycles. The zero-order chi connectivity index (χ0) is 18.1. The summed E-state index contributed by atoms with van der Waals surface area (Å²) in [6.07, 6.45) is 0.131. The lowest BCUT2D eigenvalue weighted by molar-refractivity contribution is 0.0293. The zero-order valence-corrected chi connectivity index (χ0v) is 13.9. The average Bonchev–Trinajstić information content (AvgIpc) is 2.88. The molecule has 1 aromatic carbocycles. The van der Waals surface area contributed by atoms with E-state index in [4.69, 9.17) is 10.5 Å². The highest BCUT2D eigenvalue weighted by Gasteiger charge is 2.30. The van der Waals surface area contributed by atoms with Crippen molar-refractivity contribution in [1.82, 2.24) is 4.90 Å². The van der Waals surface area contributed by atoms with Crippen molar-refractivity contribution in [3.8, 4) is 0 Å². The summed E-state index contributed by atoms with van der Waals surface area (Å²) in [5.74, 6) is -2.81. The molecule has 1 aliphatic rings. The van der Waals surface area contributed by atoms with Crippen LogP contribution in [0.1, 0.15) is 37.6 Å². The molecule has 1 heterocycles. The van der Waals surface area contributed by atoms with Gasteiger partial charge in [-0.15, -0.1) is 0 Å². The summed E-state index contributed by atoms with van der Waals surface area (Å²) in [6.45, 7) is 6.09. The van der Waals surface area contributed by atoms with Gasteiger partial charge in [0.15, 0.2) is 0 Å². The summed E-state index contributed by atoms with van der Waals surface area (Å²) in [4.78, 5) is 24.7. The minimum atomic E-state index is -1.01. The first-order valence-electron chi connectivity index (χ1n) is 7.60. The largest absolute Gasteiger partial charge is 0.444 e. The van der Waals surface area contributed by atoms with Crippen molar-refractivity contribution in [2.24, 2.45) is 5.73 Å². The topological polar surface area (TPSA) is 84.7 Å². The van der Waals surface area contributed by atoms with E-state index in [1.54, 1.807) is 20.8 Å². The van der Waals surface area contributed by atoms with E-state index in [0.29, 0.717) is 25.6 Å². The summed E-state index contributed by atoms with van der Waals surface area (Å²) < 4.78 is 32.6. The quantitative estimate of drug-likeness (QED) is 0.884. The summed E-state index contributed by atoms with van der Waals surface area (Å²) in [5.41, 5.74) is 4.05. The van der Waals surface area contributed by atoms with Crippen molar-refractivity contribution >= 4 is 17.7 Å². The third-order valence-electron chi connectivity index (χ3n) is 3.52. The van der Waals surface area contributed by atoms with Gasteiger partial charge in [-0.1, -0.05) is 0 Å². The average molecular weight is 341 g/mol. The number of nitrogens with two attached hydrogens (primary N) is 1. The number of carbonyl (C=O) groups is 2. The Morgan fingerprint density at radius 1 is 1.29 bits per heavy atom. The molecule has 2 amide bonds. The molecule has 1 atom stereocenters. The molecule has 132 valence electrons. The van der Waals surface area contributed by atoms with Gasteiger partial charge in [-0.3, -0.25) is 4.79 Å². The molecule has 0 saturated carbocycles. The first-order chi connectivity index (χ1) is 11.1. The molecule has 1 aliphatic heterocycles. The zero-order valence-electron chi connectivity index (χ0n) is 13.9. The van der Waals surface area contributed by atoms with Gasteiger partial charge in [0.1, 0.15) is 17.2 Å². The molecule has 24 heavy (non-hydrogen) atoms. The van der Waals surface area contributed by atoms with Crippen molar-refractivity contribution in [2.45, 2.75) is 38.8 Å². The first kappa shape index (κ1) is 18.0. The maximum atomic E-state index is 13.9. The van der Waals surface area contributed by atoms with Gasteiger partial charge in [0.05, 0.1) is 11.3 Å². The lowest BCUT2D eigenvalue weighted by atomic mass is 10.1. The van der Waals surface area contributed by atoms with Crippen LogP contribution in [0.3, 0.4) is 0 Å². The van der Waals surface area contributed by atoms with Crippen molar-refractivity contribution in [3.63, 3.8) is 0 Å². The van der Waals surface area contributed by atoms with E-state index < -0.39 is 29.2 Å². The molecular formula is C16H21F2N3O3. The van der Waals surface area contributed by atoms with Crippen molar-refractivity contribution < 1.29 is 23.1 Å². The molecule has 0 spiro atoms. The van der Waals surface area contributed by atoms with Crippen LogP contribution in [0.25, 0.3) is 0 Å². The second-order valence-corrected chi connectivity index (χ2v) is 6.73. The second kappa shape index (κ2) is 6.62. The molecule has 2 rings (SSSR count). The third kappa shape index (κ3) is 4.33. The smallest absolute Gasteiger partial charge is 0.410 e. The predicted molar refractivity (Wildman–Crippen MR) is 84.7 cm³/mol. The van der Waals surface area contributed by atoms with Crippen LogP contribution in [0.2, 0.25) is 0 Å². The lowest BCUT2D eigenvalue weighted by Gasteiger charge is -2.24. The number of halogens is 2. The summed E-state index contributed by atoms with van der Waals surface area (Å²) in [5, 5.41) is 2.88. The van der Waals surface area contributed by atoms with Crippen molar-refractivity contribution in [3.05, 3.63) is 29.3 Å².